The molecule has 1 atom stereocenters. The molecule has 2 amide bonds. The minimum absolute atomic E-state index is 0.0300. The summed E-state index contributed by atoms with van der Waals surface area (Å²) in [5.74, 6) is -0.979. The fourth-order valence-electron chi connectivity index (χ4n) is 4.20. The maximum absolute atomic E-state index is 13.0. The second-order valence-electron chi connectivity index (χ2n) is 8.47. The van der Waals surface area contributed by atoms with E-state index in [1.165, 1.54) is 29.2 Å². The summed E-state index contributed by atoms with van der Waals surface area (Å²) in [6, 6.07) is 14.3. The Morgan fingerprint density at radius 3 is 2.78 bits per heavy atom. The normalized spacial score (nSPS) is 15.6. The van der Waals surface area contributed by atoms with Gasteiger partial charge in [-0.05, 0) is 43.5 Å². The van der Waals surface area contributed by atoms with Gasteiger partial charge in [0.25, 0.3) is 11.5 Å². The van der Waals surface area contributed by atoms with E-state index in [0.717, 1.165) is 0 Å². The van der Waals surface area contributed by atoms with Gasteiger partial charge in [0.1, 0.15) is 11.6 Å². The third-order valence-corrected chi connectivity index (χ3v) is 5.97. The molecular formula is C26H26F2N4O4. The van der Waals surface area contributed by atoms with Crippen LogP contribution in [0.4, 0.5) is 14.5 Å². The first kappa shape index (κ1) is 25.0. The number of hydrogen-bond acceptors (Lipinski definition) is 5. The number of H-pyrrole nitrogens is 1. The van der Waals surface area contributed by atoms with Crippen LogP contribution in [0.2, 0.25) is 0 Å². The number of alkyl halides is 2. The Hall–Kier alpha value is -4.08. The van der Waals surface area contributed by atoms with Gasteiger partial charge in [-0.1, -0.05) is 31.2 Å². The minimum atomic E-state index is -3.05. The summed E-state index contributed by atoms with van der Waals surface area (Å²) >= 11 is 0. The van der Waals surface area contributed by atoms with Crippen LogP contribution in [0.5, 0.6) is 5.75 Å². The van der Waals surface area contributed by atoms with E-state index in [0.29, 0.717) is 48.6 Å². The number of piperidine rings is 1. The van der Waals surface area contributed by atoms with Crippen molar-refractivity contribution in [2.24, 2.45) is 5.92 Å². The first-order valence-electron chi connectivity index (χ1n) is 11.7. The number of ether oxygens (including phenoxy) is 1. The number of para-hydroxylation sites is 1. The van der Waals surface area contributed by atoms with E-state index < -0.39 is 18.4 Å². The number of rotatable bonds is 7. The zero-order chi connectivity index (χ0) is 25.7. The van der Waals surface area contributed by atoms with Gasteiger partial charge in [-0.15, -0.1) is 0 Å². The number of halogens is 2. The van der Waals surface area contributed by atoms with Gasteiger partial charge in [-0.2, -0.15) is 8.78 Å². The number of carbonyl (C=O) groups is 2. The number of nitrogens with one attached hydrogen (secondary N) is 2. The van der Waals surface area contributed by atoms with Crippen molar-refractivity contribution < 1.29 is 23.1 Å². The van der Waals surface area contributed by atoms with Crippen molar-refractivity contribution in [3.63, 3.8) is 0 Å². The Kier molecular flexibility index (Phi) is 7.72. The lowest BCUT2D eigenvalue weighted by Gasteiger charge is -2.32. The van der Waals surface area contributed by atoms with Crippen molar-refractivity contribution in [3.05, 3.63) is 76.2 Å². The Morgan fingerprint density at radius 1 is 1.19 bits per heavy atom. The molecule has 4 rings (SSSR count). The lowest BCUT2D eigenvalue weighted by Crippen LogP contribution is -2.43. The zero-order valence-electron chi connectivity index (χ0n) is 19.7. The molecule has 3 aromatic rings. The molecule has 1 aliphatic rings. The highest BCUT2D eigenvalue weighted by molar-refractivity contribution is 5.98. The first-order chi connectivity index (χ1) is 17.3. The average Bonchev–Trinajstić information content (AvgIpc) is 2.88. The summed E-state index contributed by atoms with van der Waals surface area (Å²) in [5.41, 5.74) is 1.62. The second kappa shape index (κ2) is 11.1. The third kappa shape index (κ3) is 5.94. The number of aryl methyl sites for hydroxylation is 1. The number of hydrogen-bond donors (Lipinski definition) is 2. The van der Waals surface area contributed by atoms with Crippen LogP contribution in [-0.4, -0.2) is 46.4 Å². The van der Waals surface area contributed by atoms with Gasteiger partial charge in [-0.3, -0.25) is 14.4 Å². The quantitative estimate of drug-likeness (QED) is 0.513. The molecule has 1 fully saturated rings. The molecule has 1 aliphatic heterocycles. The van der Waals surface area contributed by atoms with E-state index in [1.807, 2.05) is 6.92 Å². The largest absolute Gasteiger partial charge is 0.434 e. The maximum atomic E-state index is 13.0. The predicted octanol–water partition coefficient (Wildman–Crippen LogP) is 4.09. The minimum Gasteiger partial charge on any atom is -0.434 e. The molecule has 2 N–H and O–H groups in total. The van der Waals surface area contributed by atoms with Crippen molar-refractivity contribution in [2.75, 3.05) is 18.4 Å². The molecule has 0 bridgehead atoms. The van der Waals surface area contributed by atoms with E-state index in [4.69, 9.17) is 0 Å². The lowest BCUT2D eigenvalue weighted by molar-refractivity contribution is -0.121. The van der Waals surface area contributed by atoms with Crippen LogP contribution in [0.3, 0.4) is 0 Å². The number of amides is 2. The van der Waals surface area contributed by atoms with Gasteiger partial charge in [0.2, 0.25) is 5.91 Å². The molecule has 2 aromatic carbocycles. The summed E-state index contributed by atoms with van der Waals surface area (Å²) in [5, 5.41) is 2.88. The fourth-order valence-corrected chi connectivity index (χ4v) is 4.20. The molecular weight excluding hydrogens is 470 g/mol. The molecule has 0 spiro atoms. The monoisotopic (exact) mass is 496 g/mol. The van der Waals surface area contributed by atoms with Crippen LogP contribution in [0.1, 0.15) is 35.8 Å². The van der Waals surface area contributed by atoms with Crippen molar-refractivity contribution in [1.29, 1.82) is 0 Å². The number of likely N-dealkylation sites (tertiary alicyclic amines) is 1. The van der Waals surface area contributed by atoms with Gasteiger partial charge in [-0.25, -0.2) is 4.98 Å². The number of anilines is 1. The molecule has 10 heteroatoms. The van der Waals surface area contributed by atoms with Crippen LogP contribution >= 0.6 is 0 Å². The topological polar surface area (TPSA) is 104 Å². The van der Waals surface area contributed by atoms with Crippen molar-refractivity contribution in [3.8, 4) is 17.1 Å². The predicted molar refractivity (Wildman–Crippen MR) is 130 cm³/mol. The molecule has 0 saturated carbocycles. The maximum Gasteiger partial charge on any atom is 0.387 e. The van der Waals surface area contributed by atoms with E-state index in [1.54, 1.807) is 30.3 Å². The Balaban J connectivity index is 1.46. The summed E-state index contributed by atoms with van der Waals surface area (Å²) in [7, 11) is 0. The van der Waals surface area contributed by atoms with Crippen LogP contribution in [-0.2, 0) is 11.2 Å². The molecule has 36 heavy (non-hydrogen) atoms. The summed E-state index contributed by atoms with van der Waals surface area (Å²) < 4.78 is 30.0. The van der Waals surface area contributed by atoms with E-state index in [2.05, 4.69) is 20.0 Å². The van der Waals surface area contributed by atoms with Crippen LogP contribution < -0.4 is 15.6 Å². The highest BCUT2D eigenvalue weighted by atomic mass is 19.3. The summed E-state index contributed by atoms with van der Waals surface area (Å²) in [6.45, 7) is -0.577. The zero-order valence-corrected chi connectivity index (χ0v) is 19.7. The van der Waals surface area contributed by atoms with Gasteiger partial charge >= 0.3 is 6.61 Å². The first-order valence-corrected chi connectivity index (χ1v) is 11.7. The Bertz CT molecular complexity index is 1310. The fraction of sp³-hybridized carbons (Fsp3) is 0.308. The van der Waals surface area contributed by atoms with Gasteiger partial charge in [0.15, 0.2) is 0 Å². The van der Waals surface area contributed by atoms with Gasteiger partial charge in [0.05, 0.1) is 11.5 Å². The molecule has 1 unspecified atom stereocenters. The number of carbonyl (C=O) groups excluding carboxylic acids is 2. The van der Waals surface area contributed by atoms with Crippen molar-refractivity contribution in [2.45, 2.75) is 32.8 Å². The Labute approximate surface area is 206 Å². The lowest BCUT2D eigenvalue weighted by atomic mass is 9.96. The molecule has 2 heterocycles. The highest BCUT2D eigenvalue weighted by Crippen LogP contribution is 2.26. The van der Waals surface area contributed by atoms with Crippen LogP contribution in [0.15, 0.2) is 59.4 Å². The average molecular weight is 497 g/mol. The van der Waals surface area contributed by atoms with Gasteiger partial charge in [0, 0.05) is 36.1 Å². The second-order valence-corrected chi connectivity index (χ2v) is 8.47. The third-order valence-electron chi connectivity index (χ3n) is 5.97. The SMILES string of the molecule is CCc1cc(=O)[nH]c(-c2cccc(NC(=O)C3CCCN(C(=O)c4ccccc4OC(F)F)C3)c2)n1. The van der Waals surface area contributed by atoms with Crippen molar-refractivity contribution in [1.82, 2.24) is 14.9 Å². The number of aromatic amines is 1. The smallest absolute Gasteiger partial charge is 0.387 e. The number of benzene rings is 2. The molecule has 1 saturated heterocycles. The molecule has 0 radical (unpaired) electrons. The van der Waals surface area contributed by atoms with E-state index in [-0.39, 0.29) is 29.3 Å². The van der Waals surface area contributed by atoms with E-state index >= 15 is 0 Å². The van der Waals surface area contributed by atoms with Crippen molar-refractivity contribution >= 4 is 17.5 Å². The van der Waals surface area contributed by atoms with E-state index in [9.17, 15) is 23.2 Å². The highest BCUT2D eigenvalue weighted by Gasteiger charge is 2.30. The number of aromatic nitrogens is 2. The van der Waals surface area contributed by atoms with Crippen LogP contribution in [0.25, 0.3) is 11.4 Å². The molecule has 1 aromatic heterocycles. The Morgan fingerprint density at radius 2 is 2.00 bits per heavy atom. The number of nitrogens with zero attached hydrogens (tertiary/aromatic N) is 2. The molecule has 0 aliphatic carbocycles. The van der Waals surface area contributed by atoms with Crippen LogP contribution in [0, 0.1) is 5.92 Å². The summed E-state index contributed by atoms with van der Waals surface area (Å²) in [4.78, 5) is 46.7. The van der Waals surface area contributed by atoms with Gasteiger partial charge < -0.3 is 19.9 Å². The summed E-state index contributed by atoms with van der Waals surface area (Å²) in [6.07, 6.45) is 1.79. The standard InChI is InChI=1S/C26H26F2N4O4/c1-2-18-14-22(33)31-23(29-18)16-7-5-9-19(13-16)30-24(34)17-8-6-12-32(15-17)25(35)20-10-3-4-11-21(20)36-26(27)28/h3-5,7,9-11,13-14,17,26H,2,6,8,12,15H2,1H3,(H,30,34)(H,29,31,33). The molecule has 188 valence electrons. The molecule has 8 nitrogen and oxygen atoms in total.